The predicted octanol–water partition coefficient (Wildman–Crippen LogP) is 1.04. The van der Waals surface area contributed by atoms with E-state index in [9.17, 15) is 4.79 Å². The summed E-state index contributed by atoms with van der Waals surface area (Å²) < 4.78 is 0. The molecule has 0 aromatic carbocycles. The summed E-state index contributed by atoms with van der Waals surface area (Å²) >= 11 is 0. The molecular weight excluding hydrogens is 176 g/mol. The van der Waals surface area contributed by atoms with Crippen LogP contribution in [0.1, 0.15) is 39.0 Å². The first-order chi connectivity index (χ1) is 6.76. The van der Waals surface area contributed by atoms with Crippen LogP contribution < -0.4 is 10.6 Å². The molecule has 1 aliphatic carbocycles. The normalized spacial score (nSPS) is 28.8. The van der Waals surface area contributed by atoms with Crippen molar-refractivity contribution in [1.82, 2.24) is 10.6 Å². The van der Waals surface area contributed by atoms with Crippen molar-refractivity contribution in [2.45, 2.75) is 45.1 Å². The molecule has 2 N–H and O–H groups in total. The van der Waals surface area contributed by atoms with Crippen molar-refractivity contribution in [3.8, 4) is 0 Å². The maximum atomic E-state index is 11.7. The quantitative estimate of drug-likeness (QED) is 0.705. The summed E-state index contributed by atoms with van der Waals surface area (Å²) in [6.07, 6.45) is 5.93. The Morgan fingerprint density at radius 1 is 1.57 bits per heavy atom. The molecule has 3 heteroatoms. The third-order valence-corrected chi connectivity index (χ3v) is 3.72. The zero-order valence-corrected chi connectivity index (χ0v) is 8.94. The molecule has 2 rings (SSSR count). The summed E-state index contributed by atoms with van der Waals surface area (Å²) in [5.41, 5.74) is 0.467. The number of nitrogens with one attached hydrogen (secondary N) is 2. The van der Waals surface area contributed by atoms with Gasteiger partial charge in [0.2, 0.25) is 5.91 Å². The average Bonchev–Trinajstić information content (AvgIpc) is 2.78. The molecule has 1 amide bonds. The Morgan fingerprint density at radius 2 is 2.36 bits per heavy atom. The number of hydrogen-bond acceptors (Lipinski definition) is 2. The number of amides is 1. The van der Waals surface area contributed by atoms with Crippen LogP contribution in [0.3, 0.4) is 0 Å². The molecule has 0 aromatic rings. The van der Waals surface area contributed by atoms with Crippen LogP contribution in [0.4, 0.5) is 0 Å². The molecule has 0 radical (unpaired) electrons. The molecule has 2 aliphatic rings. The molecule has 0 bridgehead atoms. The molecule has 80 valence electrons. The van der Waals surface area contributed by atoms with Gasteiger partial charge in [-0.1, -0.05) is 6.92 Å². The van der Waals surface area contributed by atoms with Crippen molar-refractivity contribution < 1.29 is 4.79 Å². The van der Waals surface area contributed by atoms with Gasteiger partial charge in [0.05, 0.1) is 6.04 Å². The summed E-state index contributed by atoms with van der Waals surface area (Å²) in [7, 11) is 0. The van der Waals surface area contributed by atoms with Gasteiger partial charge in [-0.05, 0) is 44.1 Å². The molecule has 0 spiro atoms. The van der Waals surface area contributed by atoms with E-state index >= 15 is 0 Å². The van der Waals surface area contributed by atoms with Crippen LogP contribution in [0.25, 0.3) is 0 Å². The van der Waals surface area contributed by atoms with Crippen LogP contribution in [-0.2, 0) is 4.79 Å². The Kier molecular flexibility index (Phi) is 2.77. The lowest BCUT2D eigenvalue weighted by atomic mass is 10.0. The van der Waals surface area contributed by atoms with Gasteiger partial charge in [-0.15, -0.1) is 0 Å². The smallest absolute Gasteiger partial charge is 0.237 e. The zero-order chi connectivity index (χ0) is 10.0. The predicted molar refractivity (Wildman–Crippen MR) is 56.0 cm³/mol. The fourth-order valence-electron chi connectivity index (χ4n) is 2.14. The number of rotatable bonds is 4. The van der Waals surface area contributed by atoms with Gasteiger partial charge in [-0.25, -0.2) is 0 Å². The molecule has 1 atom stereocenters. The van der Waals surface area contributed by atoms with E-state index in [2.05, 4.69) is 17.6 Å². The van der Waals surface area contributed by atoms with E-state index in [-0.39, 0.29) is 11.9 Å². The molecule has 2 fully saturated rings. The van der Waals surface area contributed by atoms with Crippen LogP contribution in [0.15, 0.2) is 0 Å². The van der Waals surface area contributed by atoms with E-state index in [1.165, 1.54) is 19.3 Å². The second-order valence-electron chi connectivity index (χ2n) is 4.72. The second-order valence-corrected chi connectivity index (χ2v) is 4.72. The topological polar surface area (TPSA) is 41.1 Å². The fraction of sp³-hybridized carbons (Fsp3) is 0.909. The highest BCUT2D eigenvalue weighted by Gasteiger charge is 2.41. The van der Waals surface area contributed by atoms with Crippen molar-refractivity contribution in [2.75, 3.05) is 13.1 Å². The summed E-state index contributed by atoms with van der Waals surface area (Å²) in [5, 5.41) is 6.30. The van der Waals surface area contributed by atoms with Crippen molar-refractivity contribution in [3.63, 3.8) is 0 Å². The Hall–Kier alpha value is -0.570. The number of hydrogen-bond donors (Lipinski definition) is 2. The number of carbonyl (C=O) groups is 1. The van der Waals surface area contributed by atoms with E-state index in [1.54, 1.807) is 0 Å². The van der Waals surface area contributed by atoms with Gasteiger partial charge in [-0.3, -0.25) is 4.79 Å². The maximum absolute atomic E-state index is 11.7. The Labute approximate surface area is 85.6 Å². The SMILES string of the molecule is CCC1(CNC(=O)C2CCCN2)CC1. The van der Waals surface area contributed by atoms with Crippen LogP contribution in [0.2, 0.25) is 0 Å². The van der Waals surface area contributed by atoms with Gasteiger partial charge >= 0.3 is 0 Å². The zero-order valence-electron chi connectivity index (χ0n) is 8.94. The first kappa shape index (κ1) is 9.97. The van der Waals surface area contributed by atoms with Crippen LogP contribution in [0, 0.1) is 5.41 Å². The van der Waals surface area contributed by atoms with Crippen molar-refractivity contribution in [1.29, 1.82) is 0 Å². The highest BCUT2D eigenvalue weighted by molar-refractivity contribution is 5.82. The van der Waals surface area contributed by atoms with E-state index in [0.717, 1.165) is 25.9 Å². The molecule has 1 unspecified atom stereocenters. The minimum atomic E-state index is 0.0858. The summed E-state index contributed by atoms with van der Waals surface area (Å²) in [5.74, 6) is 0.210. The van der Waals surface area contributed by atoms with E-state index in [1.807, 2.05) is 0 Å². The monoisotopic (exact) mass is 196 g/mol. The highest BCUT2D eigenvalue weighted by Crippen LogP contribution is 2.47. The maximum Gasteiger partial charge on any atom is 0.237 e. The first-order valence-corrected chi connectivity index (χ1v) is 5.77. The minimum Gasteiger partial charge on any atom is -0.354 e. The second kappa shape index (κ2) is 3.89. The molecule has 1 saturated heterocycles. The molecule has 0 aromatic heterocycles. The largest absolute Gasteiger partial charge is 0.354 e. The van der Waals surface area contributed by atoms with E-state index < -0.39 is 0 Å². The molecule has 1 heterocycles. The third-order valence-electron chi connectivity index (χ3n) is 3.72. The lowest BCUT2D eigenvalue weighted by Gasteiger charge is -2.16. The van der Waals surface area contributed by atoms with E-state index in [4.69, 9.17) is 0 Å². The summed E-state index contributed by atoms with van der Waals surface area (Å²) in [4.78, 5) is 11.7. The Morgan fingerprint density at radius 3 is 2.86 bits per heavy atom. The minimum absolute atomic E-state index is 0.0858. The summed E-state index contributed by atoms with van der Waals surface area (Å²) in [6, 6.07) is 0.0858. The lowest BCUT2D eigenvalue weighted by molar-refractivity contribution is -0.123. The van der Waals surface area contributed by atoms with Gasteiger partial charge < -0.3 is 10.6 Å². The lowest BCUT2D eigenvalue weighted by Crippen LogP contribution is -2.42. The summed E-state index contributed by atoms with van der Waals surface area (Å²) in [6.45, 7) is 4.10. The van der Waals surface area contributed by atoms with E-state index in [0.29, 0.717) is 5.41 Å². The van der Waals surface area contributed by atoms with Crippen LogP contribution >= 0.6 is 0 Å². The van der Waals surface area contributed by atoms with Gasteiger partial charge in [0, 0.05) is 6.54 Å². The van der Waals surface area contributed by atoms with Gasteiger partial charge in [-0.2, -0.15) is 0 Å². The average molecular weight is 196 g/mol. The molecule has 14 heavy (non-hydrogen) atoms. The molecule has 3 nitrogen and oxygen atoms in total. The van der Waals surface area contributed by atoms with Crippen molar-refractivity contribution in [3.05, 3.63) is 0 Å². The van der Waals surface area contributed by atoms with Crippen LogP contribution in [0.5, 0.6) is 0 Å². The third kappa shape index (κ3) is 2.08. The Bertz CT molecular complexity index is 217. The molecule has 1 saturated carbocycles. The fourth-order valence-corrected chi connectivity index (χ4v) is 2.14. The highest BCUT2D eigenvalue weighted by atomic mass is 16.2. The van der Waals surface area contributed by atoms with Crippen LogP contribution in [-0.4, -0.2) is 25.0 Å². The molecule has 1 aliphatic heterocycles. The standard InChI is InChI=1S/C11H20N2O/c1-2-11(5-6-11)8-13-10(14)9-4-3-7-12-9/h9,12H,2-8H2,1H3,(H,13,14). The van der Waals surface area contributed by atoms with Crippen molar-refractivity contribution >= 4 is 5.91 Å². The first-order valence-electron chi connectivity index (χ1n) is 5.77. The number of carbonyl (C=O) groups excluding carboxylic acids is 1. The van der Waals surface area contributed by atoms with Gasteiger partial charge in [0.15, 0.2) is 0 Å². The van der Waals surface area contributed by atoms with Crippen molar-refractivity contribution in [2.24, 2.45) is 5.41 Å². The van der Waals surface area contributed by atoms with Gasteiger partial charge in [0.25, 0.3) is 0 Å². The Balaban J connectivity index is 1.72. The van der Waals surface area contributed by atoms with Gasteiger partial charge in [0.1, 0.15) is 0 Å². The molecular formula is C11H20N2O.